The van der Waals surface area contributed by atoms with Crippen molar-refractivity contribution in [2.45, 2.75) is 19.9 Å². The number of amidine groups is 1. The van der Waals surface area contributed by atoms with Crippen molar-refractivity contribution in [3.05, 3.63) is 29.3 Å². The number of aliphatic imine (C=N–C) groups is 1. The summed E-state index contributed by atoms with van der Waals surface area (Å²) in [6.45, 7) is 9.78. The van der Waals surface area contributed by atoms with Crippen molar-refractivity contribution in [2.75, 3.05) is 64.4 Å². The summed E-state index contributed by atoms with van der Waals surface area (Å²) in [6.07, 6.45) is 0. The number of hydrogen-bond donors (Lipinski definition) is 0. The van der Waals surface area contributed by atoms with Gasteiger partial charge in [-0.1, -0.05) is 17.1 Å². The van der Waals surface area contributed by atoms with Crippen molar-refractivity contribution >= 4 is 29.4 Å². The van der Waals surface area contributed by atoms with Gasteiger partial charge in [0, 0.05) is 33.2 Å². The molecule has 4 heterocycles. The number of likely N-dealkylation sites (N-methyl/N-ethyl adjacent to an activating group) is 1. The second-order valence-electron chi connectivity index (χ2n) is 8.52. The molecule has 0 aliphatic carbocycles. The molecule has 4 aliphatic rings. The SMILES string of the molecule is Cc1cccc(N2CC[N+]3=C2N=C2C3C(=O)N(CCN3CCOCC3)C(=O)N2C)c1C. The Bertz CT molecular complexity index is 997. The highest BCUT2D eigenvalue weighted by Gasteiger charge is 2.55. The van der Waals surface area contributed by atoms with Crippen LogP contribution in [0.1, 0.15) is 11.1 Å². The zero-order valence-corrected chi connectivity index (χ0v) is 18.4. The predicted octanol–water partition coefficient (Wildman–Crippen LogP) is 0.499. The van der Waals surface area contributed by atoms with Crippen molar-refractivity contribution < 1.29 is 18.9 Å². The molecule has 3 amide bonds. The van der Waals surface area contributed by atoms with Gasteiger partial charge in [0.2, 0.25) is 11.9 Å². The molecule has 0 radical (unpaired) electrons. The smallest absolute Gasteiger partial charge is 0.379 e. The van der Waals surface area contributed by atoms with Crippen LogP contribution in [0.25, 0.3) is 0 Å². The normalized spacial score (nSPS) is 24.2. The lowest BCUT2D eigenvalue weighted by Gasteiger charge is -2.35. The molecule has 0 spiro atoms. The third-order valence-corrected chi connectivity index (χ3v) is 6.81. The van der Waals surface area contributed by atoms with Crippen LogP contribution in [0.15, 0.2) is 23.2 Å². The van der Waals surface area contributed by atoms with Gasteiger partial charge in [-0.3, -0.25) is 19.5 Å². The number of morpholine rings is 1. The van der Waals surface area contributed by atoms with Gasteiger partial charge in [-0.2, -0.15) is 0 Å². The number of amides is 3. The highest BCUT2D eigenvalue weighted by molar-refractivity contribution is 6.24. The molecule has 5 rings (SSSR count). The lowest BCUT2D eigenvalue weighted by Crippen LogP contribution is -2.63. The molecular weight excluding hydrogens is 396 g/mol. The Labute approximate surface area is 182 Å². The Balaban J connectivity index is 1.41. The van der Waals surface area contributed by atoms with Gasteiger partial charge in [0.1, 0.15) is 12.2 Å². The zero-order valence-electron chi connectivity index (χ0n) is 18.4. The first kappa shape index (κ1) is 20.1. The van der Waals surface area contributed by atoms with Gasteiger partial charge in [-0.25, -0.2) is 14.3 Å². The summed E-state index contributed by atoms with van der Waals surface area (Å²) in [5.74, 6) is 1.12. The van der Waals surface area contributed by atoms with E-state index < -0.39 is 6.04 Å². The maximum Gasteiger partial charge on any atom is 0.397 e. The van der Waals surface area contributed by atoms with E-state index in [9.17, 15) is 9.59 Å². The first-order valence-corrected chi connectivity index (χ1v) is 10.9. The Morgan fingerprint density at radius 2 is 1.90 bits per heavy atom. The van der Waals surface area contributed by atoms with E-state index in [1.165, 1.54) is 20.9 Å². The average Bonchev–Trinajstić information content (AvgIpc) is 3.34. The number of imide groups is 1. The van der Waals surface area contributed by atoms with Crippen molar-refractivity contribution in [2.24, 2.45) is 4.99 Å². The van der Waals surface area contributed by atoms with Crippen LogP contribution in [0.3, 0.4) is 0 Å². The topological polar surface area (TPSA) is 71.7 Å². The van der Waals surface area contributed by atoms with Crippen LogP contribution in [-0.2, 0) is 9.53 Å². The van der Waals surface area contributed by atoms with E-state index in [2.05, 4.69) is 35.8 Å². The number of urea groups is 1. The molecule has 1 aromatic rings. The summed E-state index contributed by atoms with van der Waals surface area (Å²) in [7, 11) is 1.72. The number of ether oxygens (including phenoxy) is 1. The Morgan fingerprint density at radius 3 is 2.68 bits per heavy atom. The number of nitrogens with zero attached hydrogens (tertiary/aromatic N) is 6. The van der Waals surface area contributed by atoms with Crippen LogP contribution in [0, 0.1) is 13.8 Å². The molecule has 0 N–H and O–H groups in total. The van der Waals surface area contributed by atoms with Crippen LogP contribution < -0.4 is 4.90 Å². The summed E-state index contributed by atoms with van der Waals surface area (Å²) < 4.78 is 7.44. The van der Waals surface area contributed by atoms with E-state index in [-0.39, 0.29) is 11.9 Å². The highest BCUT2D eigenvalue weighted by atomic mass is 16.5. The number of hydrogen-bond acceptors (Lipinski definition) is 6. The third kappa shape index (κ3) is 3.23. The summed E-state index contributed by atoms with van der Waals surface area (Å²) in [5.41, 5.74) is 3.53. The average molecular weight is 426 g/mol. The zero-order chi connectivity index (χ0) is 21.7. The van der Waals surface area contributed by atoms with Gasteiger partial charge in [0.25, 0.3) is 5.91 Å². The van der Waals surface area contributed by atoms with Gasteiger partial charge in [-0.05, 0) is 31.0 Å². The Hall–Kier alpha value is -2.78. The third-order valence-electron chi connectivity index (χ3n) is 6.81. The minimum atomic E-state index is -0.530. The molecular formula is C22H29N6O3+. The summed E-state index contributed by atoms with van der Waals surface area (Å²) in [5, 5.41) is 0. The predicted molar refractivity (Wildman–Crippen MR) is 117 cm³/mol. The lowest BCUT2D eigenvalue weighted by atomic mass is 10.1. The van der Waals surface area contributed by atoms with Gasteiger partial charge in [0.15, 0.2) is 0 Å². The number of benzene rings is 1. The van der Waals surface area contributed by atoms with Gasteiger partial charge >= 0.3 is 12.0 Å². The second kappa shape index (κ2) is 7.72. The lowest BCUT2D eigenvalue weighted by molar-refractivity contribution is -0.525. The molecule has 1 unspecified atom stereocenters. The molecule has 164 valence electrons. The van der Waals surface area contributed by atoms with E-state index in [1.807, 2.05) is 10.6 Å². The molecule has 31 heavy (non-hydrogen) atoms. The summed E-state index contributed by atoms with van der Waals surface area (Å²) in [4.78, 5) is 38.5. The fourth-order valence-electron chi connectivity index (χ4n) is 4.79. The van der Waals surface area contributed by atoms with Crippen LogP contribution in [0.4, 0.5) is 10.5 Å². The molecule has 1 aromatic carbocycles. The fourth-order valence-corrected chi connectivity index (χ4v) is 4.79. The number of aryl methyl sites for hydroxylation is 1. The van der Waals surface area contributed by atoms with Crippen LogP contribution in [-0.4, -0.2) is 109 Å². The standard InChI is InChI=1S/C22H29N6O3/c1-15-5-4-6-17(16(15)2)26-9-10-27-18-19(23-21(26)27)24(3)22(30)28(20(18)29)8-7-25-11-13-31-14-12-25/h4-6,18H,7-14H2,1-3H3/q+1. The molecule has 2 saturated heterocycles. The number of carbonyl (C=O) groups is 2. The molecule has 0 bridgehead atoms. The molecule has 9 nitrogen and oxygen atoms in total. The quantitative estimate of drug-likeness (QED) is 0.657. The Kier molecular flexibility index (Phi) is 5.02. The van der Waals surface area contributed by atoms with Gasteiger partial charge in [0.05, 0.1) is 19.8 Å². The number of carbonyl (C=O) groups excluding carboxylic acids is 2. The van der Waals surface area contributed by atoms with Crippen LogP contribution in [0.5, 0.6) is 0 Å². The maximum atomic E-state index is 13.4. The number of guanidine groups is 1. The fraction of sp³-hybridized carbons (Fsp3) is 0.545. The second-order valence-corrected chi connectivity index (χ2v) is 8.52. The molecule has 0 aromatic heterocycles. The van der Waals surface area contributed by atoms with E-state index >= 15 is 0 Å². The molecule has 2 fully saturated rings. The van der Waals surface area contributed by atoms with Crippen molar-refractivity contribution in [1.82, 2.24) is 14.7 Å². The minimum absolute atomic E-state index is 0.173. The number of anilines is 1. The molecule has 9 heteroatoms. The monoisotopic (exact) mass is 425 g/mol. The maximum absolute atomic E-state index is 13.4. The van der Waals surface area contributed by atoms with Gasteiger partial charge < -0.3 is 4.74 Å². The largest absolute Gasteiger partial charge is 0.397 e. The van der Waals surface area contributed by atoms with E-state index in [1.54, 1.807) is 7.05 Å². The molecule has 1 atom stereocenters. The van der Waals surface area contributed by atoms with Crippen molar-refractivity contribution in [3.63, 3.8) is 0 Å². The van der Waals surface area contributed by atoms with E-state index in [4.69, 9.17) is 9.73 Å². The van der Waals surface area contributed by atoms with Crippen LogP contribution in [0.2, 0.25) is 0 Å². The van der Waals surface area contributed by atoms with Crippen molar-refractivity contribution in [1.29, 1.82) is 0 Å². The van der Waals surface area contributed by atoms with E-state index in [0.717, 1.165) is 31.3 Å². The first-order valence-electron chi connectivity index (χ1n) is 10.9. The summed E-state index contributed by atoms with van der Waals surface area (Å²) >= 11 is 0. The van der Waals surface area contributed by atoms with Crippen LogP contribution >= 0.6 is 0 Å². The molecule has 4 aliphatic heterocycles. The Morgan fingerprint density at radius 1 is 1.13 bits per heavy atom. The van der Waals surface area contributed by atoms with Gasteiger partial charge in [-0.15, -0.1) is 0 Å². The first-order chi connectivity index (χ1) is 15.0. The molecule has 0 saturated carbocycles. The number of fused-ring (bicyclic) bond motifs is 2. The highest BCUT2D eigenvalue weighted by Crippen LogP contribution is 2.29. The summed E-state index contributed by atoms with van der Waals surface area (Å²) in [6, 6.07) is 5.40. The minimum Gasteiger partial charge on any atom is -0.379 e. The van der Waals surface area contributed by atoms with Crippen molar-refractivity contribution in [3.8, 4) is 0 Å². The number of rotatable bonds is 4. The van der Waals surface area contributed by atoms with E-state index in [0.29, 0.717) is 38.7 Å².